The lowest BCUT2D eigenvalue weighted by atomic mass is 10.3. The molecule has 1 saturated carbocycles. The molecule has 4 heterocycles. The van der Waals surface area contributed by atoms with Crippen LogP contribution in [0.3, 0.4) is 0 Å². The number of halogens is 5. The molecule has 2 fully saturated rings. The number of fused-ring (bicyclic) bond motifs is 1. The first-order valence-electron chi connectivity index (χ1n) is 9.85. The van der Waals surface area contributed by atoms with E-state index < -0.39 is 37.2 Å². The Labute approximate surface area is 176 Å². The second-order valence-electron chi connectivity index (χ2n) is 7.85. The first-order valence-corrected chi connectivity index (χ1v) is 9.85. The van der Waals surface area contributed by atoms with Gasteiger partial charge in [0.25, 0.3) is 5.92 Å². The Balaban J connectivity index is 1.55. The zero-order valence-corrected chi connectivity index (χ0v) is 16.7. The van der Waals surface area contributed by atoms with E-state index in [1.54, 1.807) is 4.68 Å². The molecule has 0 spiro atoms. The van der Waals surface area contributed by atoms with Gasteiger partial charge in [-0.15, -0.1) is 10.2 Å². The summed E-state index contributed by atoms with van der Waals surface area (Å²) >= 11 is 0. The molecule has 1 saturated heterocycles. The summed E-state index contributed by atoms with van der Waals surface area (Å²) < 4.78 is 74.4. The molecule has 172 valence electrons. The number of tetrazole rings is 1. The lowest BCUT2D eigenvalue weighted by molar-refractivity contribution is -0.190. The number of ether oxygens (including phenoxy) is 1. The SMILES string of the molecule is C[C@H](Oc1nc(N2CCC(F)(F)C2)c2nnn(Cc3nnnn3C3CC3)c2n1)C(F)(F)F. The van der Waals surface area contributed by atoms with Crippen LogP contribution in [0, 0.1) is 0 Å². The van der Waals surface area contributed by atoms with E-state index in [2.05, 4.69) is 35.8 Å². The molecule has 1 aliphatic carbocycles. The van der Waals surface area contributed by atoms with Gasteiger partial charge >= 0.3 is 12.2 Å². The van der Waals surface area contributed by atoms with Crippen LogP contribution in [-0.4, -0.2) is 76.5 Å². The van der Waals surface area contributed by atoms with Gasteiger partial charge in [-0.05, 0) is 30.2 Å². The molecule has 3 aromatic rings. The molecule has 0 amide bonds. The van der Waals surface area contributed by atoms with Gasteiger partial charge in [0.05, 0.1) is 12.6 Å². The lowest BCUT2D eigenvalue weighted by Crippen LogP contribution is -2.32. The highest BCUT2D eigenvalue weighted by atomic mass is 19.4. The molecule has 32 heavy (non-hydrogen) atoms. The Morgan fingerprint density at radius 3 is 2.59 bits per heavy atom. The van der Waals surface area contributed by atoms with Gasteiger partial charge in [-0.1, -0.05) is 5.21 Å². The van der Waals surface area contributed by atoms with Crippen molar-refractivity contribution in [2.45, 2.75) is 57.0 Å². The summed E-state index contributed by atoms with van der Waals surface area (Å²) in [5.74, 6) is -2.57. The van der Waals surface area contributed by atoms with Gasteiger partial charge in [-0.25, -0.2) is 18.1 Å². The summed E-state index contributed by atoms with van der Waals surface area (Å²) in [7, 11) is 0. The number of aromatic nitrogens is 9. The number of nitrogens with zero attached hydrogens (tertiary/aromatic N) is 10. The van der Waals surface area contributed by atoms with Crippen molar-refractivity contribution in [3.8, 4) is 6.01 Å². The van der Waals surface area contributed by atoms with Crippen LogP contribution in [0.5, 0.6) is 6.01 Å². The average molecular weight is 460 g/mol. The first kappa shape index (κ1) is 20.7. The van der Waals surface area contributed by atoms with Crippen LogP contribution >= 0.6 is 0 Å². The number of rotatable bonds is 6. The van der Waals surface area contributed by atoms with Crippen molar-refractivity contribution >= 4 is 17.0 Å². The summed E-state index contributed by atoms with van der Waals surface area (Å²) in [4.78, 5) is 9.24. The minimum absolute atomic E-state index is 0.0277. The van der Waals surface area contributed by atoms with Crippen molar-refractivity contribution in [1.82, 2.24) is 45.2 Å². The highest BCUT2D eigenvalue weighted by molar-refractivity contribution is 5.83. The van der Waals surface area contributed by atoms with Gasteiger partial charge in [-0.3, -0.25) is 0 Å². The van der Waals surface area contributed by atoms with Crippen LogP contribution in [0.1, 0.15) is 38.1 Å². The van der Waals surface area contributed by atoms with E-state index in [0.29, 0.717) is 5.82 Å². The summed E-state index contributed by atoms with van der Waals surface area (Å²) in [6, 6.07) is -0.434. The fraction of sp³-hybridized carbons (Fsp3) is 0.688. The Hall–Kier alpha value is -3.20. The Bertz CT molecular complexity index is 1140. The van der Waals surface area contributed by atoms with E-state index in [1.807, 2.05) is 0 Å². The van der Waals surface area contributed by atoms with Crippen molar-refractivity contribution in [1.29, 1.82) is 0 Å². The number of hydrogen-bond acceptors (Lipinski definition) is 9. The number of hydrogen-bond donors (Lipinski definition) is 0. The van der Waals surface area contributed by atoms with E-state index in [9.17, 15) is 22.0 Å². The molecule has 0 aromatic carbocycles. The van der Waals surface area contributed by atoms with E-state index >= 15 is 0 Å². The Morgan fingerprint density at radius 2 is 1.94 bits per heavy atom. The molecule has 0 bridgehead atoms. The predicted octanol–water partition coefficient (Wildman–Crippen LogP) is 1.77. The van der Waals surface area contributed by atoms with Crippen molar-refractivity contribution in [3.63, 3.8) is 0 Å². The van der Waals surface area contributed by atoms with Crippen molar-refractivity contribution in [2.24, 2.45) is 0 Å². The Kier molecular flexibility index (Phi) is 4.63. The van der Waals surface area contributed by atoms with Gasteiger partial charge < -0.3 is 9.64 Å². The molecule has 1 aliphatic heterocycles. The molecule has 0 radical (unpaired) electrons. The second kappa shape index (κ2) is 7.16. The first-order chi connectivity index (χ1) is 15.1. The smallest absolute Gasteiger partial charge is 0.425 e. The molecule has 16 heteroatoms. The standard InChI is InChI=1S/C16H17F5N10O/c1-8(16(19,20)21)32-14-22-12(29-5-4-15(17,18)7-29)11-13(23-14)30(27-25-11)6-10-24-26-28-31(10)9-2-3-9/h8-9H,2-7H2,1H3/t8-/m0/s1. The maximum absolute atomic E-state index is 13.8. The molecule has 0 unspecified atom stereocenters. The van der Waals surface area contributed by atoms with Gasteiger partial charge in [-0.2, -0.15) is 23.1 Å². The van der Waals surface area contributed by atoms with Crippen LogP contribution < -0.4 is 9.64 Å². The lowest BCUT2D eigenvalue weighted by Gasteiger charge is -2.20. The monoisotopic (exact) mass is 460 g/mol. The van der Waals surface area contributed by atoms with Gasteiger partial charge in [0.1, 0.15) is 6.54 Å². The molecular formula is C16H17F5N10O. The molecule has 1 atom stereocenters. The summed E-state index contributed by atoms with van der Waals surface area (Å²) in [6.45, 7) is 0.123. The topological polar surface area (TPSA) is 113 Å². The van der Waals surface area contributed by atoms with E-state index in [-0.39, 0.29) is 36.1 Å². The zero-order chi connectivity index (χ0) is 22.7. The maximum atomic E-state index is 13.8. The minimum Gasteiger partial charge on any atom is -0.451 e. The fourth-order valence-corrected chi connectivity index (χ4v) is 3.40. The van der Waals surface area contributed by atoms with E-state index in [0.717, 1.165) is 19.8 Å². The van der Waals surface area contributed by atoms with Crippen LogP contribution in [0.15, 0.2) is 0 Å². The van der Waals surface area contributed by atoms with Crippen LogP contribution in [0.25, 0.3) is 11.2 Å². The molecule has 3 aromatic heterocycles. The summed E-state index contributed by atoms with van der Waals surface area (Å²) in [6.07, 6.45) is -5.43. The number of anilines is 1. The second-order valence-corrected chi connectivity index (χ2v) is 7.85. The molecule has 0 N–H and O–H groups in total. The Morgan fingerprint density at radius 1 is 1.16 bits per heavy atom. The van der Waals surface area contributed by atoms with Crippen molar-refractivity contribution in [2.75, 3.05) is 18.0 Å². The fourth-order valence-electron chi connectivity index (χ4n) is 3.40. The van der Waals surface area contributed by atoms with Gasteiger partial charge in [0.15, 0.2) is 28.9 Å². The van der Waals surface area contributed by atoms with Crippen molar-refractivity contribution < 1.29 is 26.7 Å². The third-order valence-corrected chi connectivity index (χ3v) is 5.28. The third kappa shape index (κ3) is 3.88. The van der Waals surface area contributed by atoms with Crippen LogP contribution in [0.2, 0.25) is 0 Å². The maximum Gasteiger partial charge on any atom is 0.425 e. The minimum atomic E-state index is -4.66. The van der Waals surface area contributed by atoms with E-state index in [1.165, 1.54) is 9.58 Å². The molecule has 11 nitrogen and oxygen atoms in total. The quantitative estimate of drug-likeness (QED) is 0.508. The normalized spacial score (nSPS) is 19.6. The summed E-state index contributed by atoms with van der Waals surface area (Å²) in [5.41, 5.74) is 0.0973. The zero-order valence-electron chi connectivity index (χ0n) is 16.7. The highest BCUT2D eigenvalue weighted by Gasteiger charge is 2.41. The molecule has 2 aliphatic rings. The summed E-state index contributed by atoms with van der Waals surface area (Å²) in [5, 5.41) is 19.5. The molecule has 5 rings (SSSR count). The molecular weight excluding hydrogens is 443 g/mol. The largest absolute Gasteiger partial charge is 0.451 e. The number of alkyl halides is 5. The third-order valence-electron chi connectivity index (χ3n) is 5.28. The highest BCUT2D eigenvalue weighted by Crippen LogP contribution is 2.36. The van der Waals surface area contributed by atoms with E-state index in [4.69, 9.17) is 4.74 Å². The van der Waals surface area contributed by atoms with Crippen molar-refractivity contribution in [3.05, 3.63) is 5.82 Å². The van der Waals surface area contributed by atoms with Crippen LogP contribution in [-0.2, 0) is 6.54 Å². The van der Waals surface area contributed by atoms with Gasteiger partial charge in [0.2, 0.25) is 0 Å². The average Bonchev–Trinajstić information content (AvgIpc) is 3.14. The van der Waals surface area contributed by atoms with Crippen LogP contribution in [0.4, 0.5) is 27.8 Å². The van der Waals surface area contributed by atoms with Gasteiger partial charge in [0, 0.05) is 13.0 Å². The predicted molar refractivity (Wildman–Crippen MR) is 96.2 cm³/mol.